The zero-order chi connectivity index (χ0) is 16.6. The van der Waals surface area contributed by atoms with Crippen molar-refractivity contribution in [2.45, 2.75) is 52.1 Å². The van der Waals surface area contributed by atoms with E-state index in [-0.39, 0.29) is 6.09 Å². The molecule has 1 aliphatic heterocycles. The Morgan fingerprint density at radius 1 is 1.43 bits per heavy atom. The Morgan fingerprint density at radius 2 is 2.22 bits per heavy atom. The van der Waals surface area contributed by atoms with Crippen LogP contribution in [-0.4, -0.2) is 39.7 Å². The molecule has 0 bridgehead atoms. The number of nitrogens with zero attached hydrogens (tertiary/aromatic N) is 2. The molecule has 2 aromatic rings. The zero-order valence-electron chi connectivity index (χ0n) is 14.3. The highest BCUT2D eigenvalue weighted by molar-refractivity contribution is 5.76. The van der Waals surface area contributed by atoms with Crippen LogP contribution in [0.3, 0.4) is 0 Å². The Balaban J connectivity index is 1.79. The van der Waals surface area contributed by atoms with Gasteiger partial charge in [-0.1, -0.05) is 0 Å². The Hall–Kier alpha value is -2.04. The summed E-state index contributed by atoms with van der Waals surface area (Å²) in [5.41, 5.74) is 3.87. The minimum absolute atomic E-state index is 0.214. The van der Waals surface area contributed by atoms with Crippen LogP contribution in [0.5, 0.6) is 0 Å². The Bertz CT molecular complexity index is 715. The number of fused-ring (bicyclic) bond motifs is 1. The molecule has 3 heterocycles. The third-order valence-corrected chi connectivity index (χ3v) is 4.27. The Kier molecular flexibility index (Phi) is 4.04. The summed E-state index contributed by atoms with van der Waals surface area (Å²) in [6, 6.07) is 4.17. The zero-order valence-corrected chi connectivity index (χ0v) is 14.3. The molecule has 1 saturated heterocycles. The fraction of sp³-hybridized carbons (Fsp3) is 0.556. The third kappa shape index (κ3) is 3.49. The lowest BCUT2D eigenvalue weighted by Gasteiger charge is -2.34. The molecule has 0 radical (unpaired) electrons. The summed E-state index contributed by atoms with van der Waals surface area (Å²) in [7, 11) is 0. The van der Waals surface area contributed by atoms with Crippen LogP contribution >= 0.6 is 0 Å². The number of aromatic nitrogens is 2. The number of hydrogen-bond acceptors (Lipinski definition) is 3. The molecule has 23 heavy (non-hydrogen) atoms. The predicted molar refractivity (Wildman–Crippen MR) is 90.6 cm³/mol. The van der Waals surface area contributed by atoms with E-state index in [9.17, 15) is 4.79 Å². The van der Waals surface area contributed by atoms with Crippen LogP contribution in [0, 0.1) is 6.92 Å². The molecule has 1 N–H and O–H groups in total. The average molecular weight is 315 g/mol. The molecule has 3 rings (SSSR count). The number of nitrogens with one attached hydrogen (secondary N) is 1. The van der Waals surface area contributed by atoms with Gasteiger partial charge in [-0.05, 0) is 58.2 Å². The van der Waals surface area contributed by atoms with Gasteiger partial charge in [0.05, 0.1) is 11.0 Å². The molecule has 1 aliphatic rings. The molecule has 1 atom stereocenters. The van der Waals surface area contributed by atoms with Crippen LogP contribution in [0.2, 0.25) is 0 Å². The molecule has 1 unspecified atom stereocenters. The first-order chi connectivity index (χ1) is 10.8. The van der Waals surface area contributed by atoms with Crippen molar-refractivity contribution in [2.75, 3.05) is 13.1 Å². The van der Waals surface area contributed by atoms with Gasteiger partial charge in [0.15, 0.2) is 0 Å². The van der Waals surface area contributed by atoms with E-state index in [0.717, 1.165) is 36.1 Å². The average Bonchev–Trinajstić information content (AvgIpc) is 2.92. The molecule has 0 spiro atoms. The van der Waals surface area contributed by atoms with Crippen molar-refractivity contribution >= 4 is 17.1 Å². The van der Waals surface area contributed by atoms with Crippen LogP contribution in [0.15, 0.2) is 18.3 Å². The Labute approximate surface area is 137 Å². The van der Waals surface area contributed by atoms with Crippen molar-refractivity contribution < 1.29 is 9.53 Å². The predicted octanol–water partition coefficient (Wildman–Crippen LogP) is 3.99. The van der Waals surface area contributed by atoms with Crippen molar-refractivity contribution in [1.29, 1.82) is 0 Å². The minimum atomic E-state index is -0.454. The van der Waals surface area contributed by atoms with Gasteiger partial charge in [-0.25, -0.2) is 4.79 Å². The number of hydrogen-bond donors (Lipinski definition) is 1. The highest BCUT2D eigenvalue weighted by Gasteiger charge is 2.29. The second-order valence-corrected chi connectivity index (χ2v) is 7.34. The van der Waals surface area contributed by atoms with E-state index in [1.165, 1.54) is 5.56 Å². The maximum absolute atomic E-state index is 12.3. The van der Waals surface area contributed by atoms with Gasteiger partial charge in [0, 0.05) is 30.9 Å². The maximum atomic E-state index is 12.3. The van der Waals surface area contributed by atoms with Crippen molar-refractivity contribution in [2.24, 2.45) is 0 Å². The van der Waals surface area contributed by atoms with E-state index >= 15 is 0 Å². The lowest BCUT2D eigenvalue weighted by Crippen LogP contribution is -2.42. The third-order valence-electron chi connectivity index (χ3n) is 4.27. The first-order valence-electron chi connectivity index (χ1n) is 8.26. The van der Waals surface area contributed by atoms with Gasteiger partial charge in [0.2, 0.25) is 0 Å². The lowest BCUT2D eigenvalue weighted by atomic mass is 9.89. The van der Waals surface area contributed by atoms with Gasteiger partial charge in [-0.2, -0.15) is 0 Å². The standard InChI is InChI=1S/C18H25N3O2/c1-12-14(10-16-15(20-12)7-8-19-16)13-6-5-9-21(11-13)17(22)23-18(2,3)4/h7-8,10,13,19H,5-6,9,11H2,1-4H3. The number of carbonyl (C=O) groups excluding carboxylic acids is 1. The van der Waals surface area contributed by atoms with Gasteiger partial charge < -0.3 is 14.6 Å². The summed E-state index contributed by atoms with van der Waals surface area (Å²) >= 11 is 0. The molecule has 5 nitrogen and oxygen atoms in total. The SMILES string of the molecule is Cc1nc2cc[nH]c2cc1C1CCCN(C(=O)OC(C)(C)C)C1. The first kappa shape index (κ1) is 15.8. The van der Waals surface area contributed by atoms with Gasteiger partial charge >= 0.3 is 6.09 Å². The number of likely N-dealkylation sites (tertiary alicyclic amines) is 1. The quantitative estimate of drug-likeness (QED) is 0.865. The largest absolute Gasteiger partial charge is 0.444 e. The number of pyridine rings is 1. The minimum Gasteiger partial charge on any atom is -0.444 e. The molecule has 0 aliphatic carbocycles. The monoisotopic (exact) mass is 315 g/mol. The van der Waals surface area contributed by atoms with E-state index in [0.29, 0.717) is 12.5 Å². The molecular formula is C18H25N3O2. The first-order valence-corrected chi connectivity index (χ1v) is 8.26. The smallest absolute Gasteiger partial charge is 0.410 e. The van der Waals surface area contributed by atoms with Gasteiger partial charge in [-0.3, -0.25) is 4.98 Å². The second kappa shape index (κ2) is 5.87. The summed E-state index contributed by atoms with van der Waals surface area (Å²) in [4.78, 5) is 22.1. The molecule has 0 aromatic carbocycles. The number of H-pyrrole nitrogens is 1. The van der Waals surface area contributed by atoms with Crippen LogP contribution in [0.25, 0.3) is 11.0 Å². The normalized spacial score (nSPS) is 19.1. The fourth-order valence-corrected chi connectivity index (χ4v) is 3.23. The summed E-state index contributed by atoms with van der Waals surface area (Å²) in [6.07, 6.45) is 3.77. The van der Waals surface area contributed by atoms with Crippen molar-refractivity contribution in [1.82, 2.24) is 14.9 Å². The topological polar surface area (TPSA) is 58.2 Å². The van der Waals surface area contributed by atoms with Crippen molar-refractivity contribution in [3.05, 3.63) is 29.6 Å². The van der Waals surface area contributed by atoms with E-state index < -0.39 is 5.60 Å². The molecule has 1 amide bonds. The van der Waals surface area contributed by atoms with Crippen LogP contribution < -0.4 is 0 Å². The maximum Gasteiger partial charge on any atom is 0.410 e. The van der Waals surface area contributed by atoms with Crippen molar-refractivity contribution in [3.63, 3.8) is 0 Å². The number of carbonyl (C=O) groups is 1. The number of aryl methyl sites for hydroxylation is 1. The van der Waals surface area contributed by atoms with E-state index in [4.69, 9.17) is 4.74 Å². The number of piperidine rings is 1. The number of ether oxygens (including phenoxy) is 1. The van der Waals surface area contributed by atoms with Gasteiger partial charge in [-0.15, -0.1) is 0 Å². The van der Waals surface area contributed by atoms with Crippen molar-refractivity contribution in [3.8, 4) is 0 Å². The molecule has 1 fully saturated rings. The number of rotatable bonds is 1. The number of amides is 1. The fourth-order valence-electron chi connectivity index (χ4n) is 3.23. The van der Waals surface area contributed by atoms with Crippen LogP contribution in [-0.2, 0) is 4.74 Å². The summed E-state index contributed by atoms with van der Waals surface area (Å²) < 4.78 is 5.51. The van der Waals surface area contributed by atoms with Crippen LogP contribution in [0.1, 0.15) is 50.8 Å². The molecule has 124 valence electrons. The summed E-state index contributed by atoms with van der Waals surface area (Å²) in [5, 5.41) is 0. The highest BCUT2D eigenvalue weighted by Crippen LogP contribution is 2.31. The van der Waals surface area contributed by atoms with Crippen LogP contribution in [0.4, 0.5) is 4.79 Å². The highest BCUT2D eigenvalue weighted by atomic mass is 16.6. The summed E-state index contributed by atoms with van der Waals surface area (Å²) in [5.74, 6) is 0.316. The molecule has 0 saturated carbocycles. The van der Waals surface area contributed by atoms with E-state index in [1.54, 1.807) is 0 Å². The summed E-state index contributed by atoms with van der Waals surface area (Å²) in [6.45, 7) is 9.22. The molecule has 2 aromatic heterocycles. The van der Waals surface area contributed by atoms with Gasteiger partial charge in [0.1, 0.15) is 5.60 Å². The lowest BCUT2D eigenvalue weighted by molar-refractivity contribution is 0.0198. The van der Waals surface area contributed by atoms with Gasteiger partial charge in [0.25, 0.3) is 0 Å². The van der Waals surface area contributed by atoms with E-state index in [1.807, 2.05) is 44.9 Å². The van der Waals surface area contributed by atoms with E-state index in [2.05, 4.69) is 16.0 Å². The number of aromatic amines is 1. The second-order valence-electron chi connectivity index (χ2n) is 7.34. The Morgan fingerprint density at radius 3 is 2.96 bits per heavy atom. The molecule has 5 heteroatoms. The molecular weight excluding hydrogens is 290 g/mol.